The zero-order chi connectivity index (χ0) is 7.59. The van der Waals surface area contributed by atoms with Gasteiger partial charge in [0.1, 0.15) is 11.5 Å². The standard InChI is InChI=1S/C9H10O2/c10-8-6-4-1-2-5(3-4)7(6)9(8)11/h1-2,4-7,10-11H,3H2/t4-,5+,6-,7+. The second kappa shape index (κ2) is 1.47. The first kappa shape index (κ1) is 5.70. The normalized spacial score (nSPS) is 51.3. The highest BCUT2D eigenvalue weighted by Gasteiger charge is 2.55. The second-order valence-corrected chi connectivity index (χ2v) is 3.77. The fourth-order valence-corrected chi connectivity index (χ4v) is 2.81. The lowest BCUT2D eigenvalue weighted by atomic mass is 9.71. The smallest absolute Gasteiger partial charge is 0.134 e. The SMILES string of the molecule is OC1=C(O)[C@H]2[C@@H]1[C@H]1C=C[C@@H]2C1. The zero-order valence-electron chi connectivity index (χ0n) is 6.07. The van der Waals surface area contributed by atoms with Gasteiger partial charge in [-0.3, -0.25) is 0 Å². The Kier molecular flexibility index (Phi) is 0.761. The third kappa shape index (κ3) is 0.442. The van der Waals surface area contributed by atoms with Crippen LogP contribution in [0.1, 0.15) is 6.42 Å². The Hall–Kier alpha value is -0.920. The van der Waals surface area contributed by atoms with Gasteiger partial charge in [0.25, 0.3) is 0 Å². The molecule has 0 unspecified atom stereocenters. The first-order valence-corrected chi connectivity index (χ1v) is 4.09. The summed E-state index contributed by atoms with van der Waals surface area (Å²) in [6.45, 7) is 0. The molecular formula is C9H10O2. The van der Waals surface area contributed by atoms with Gasteiger partial charge >= 0.3 is 0 Å². The van der Waals surface area contributed by atoms with Crippen molar-refractivity contribution in [1.29, 1.82) is 0 Å². The van der Waals surface area contributed by atoms with E-state index < -0.39 is 0 Å². The molecule has 2 nitrogen and oxygen atoms in total. The molecular weight excluding hydrogens is 140 g/mol. The van der Waals surface area contributed by atoms with E-state index in [4.69, 9.17) is 0 Å². The molecule has 3 aliphatic rings. The molecule has 4 atom stereocenters. The van der Waals surface area contributed by atoms with Gasteiger partial charge in [0.15, 0.2) is 0 Å². The van der Waals surface area contributed by atoms with Crippen LogP contribution < -0.4 is 0 Å². The molecule has 0 aromatic heterocycles. The fraction of sp³-hybridized carbons (Fsp3) is 0.556. The Morgan fingerprint density at radius 2 is 1.45 bits per heavy atom. The number of aliphatic hydroxyl groups is 2. The summed E-state index contributed by atoms with van der Waals surface area (Å²) in [5.74, 6) is 2.08. The zero-order valence-corrected chi connectivity index (χ0v) is 6.07. The highest BCUT2D eigenvalue weighted by Crippen LogP contribution is 2.59. The molecule has 0 heterocycles. The van der Waals surface area contributed by atoms with E-state index in [0.29, 0.717) is 11.8 Å². The van der Waals surface area contributed by atoms with Gasteiger partial charge in [0.2, 0.25) is 0 Å². The van der Waals surface area contributed by atoms with Crippen LogP contribution in [0, 0.1) is 23.7 Å². The lowest BCUT2D eigenvalue weighted by Gasteiger charge is -2.35. The summed E-state index contributed by atoms with van der Waals surface area (Å²) in [5.41, 5.74) is 0. The molecule has 0 spiro atoms. The van der Waals surface area contributed by atoms with E-state index in [0.717, 1.165) is 6.42 Å². The monoisotopic (exact) mass is 150 g/mol. The number of allylic oxidation sites excluding steroid dienone is 4. The van der Waals surface area contributed by atoms with Gasteiger partial charge in [-0.2, -0.15) is 0 Å². The molecule has 2 bridgehead atoms. The topological polar surface area (TPSA) is 40.5 Å². The van der Waals surface area contributed by atoms with Crippen molar-refractivity contribution in [2.24, 2.45) is 23.7 Å². The van der Waals surface area contributed by atoms with Crippen molar-refractivity contribution in [2.45, 2.75) is 6.42 Å². The van der Waals surface area contributed by atoms with E-state index in [2.05, 4.69) is 12.2 Å². The fourth-order valence-electron chi connectivity index (χ4n) is 2.81. The largest absolute Gasteiger partial charge is 0.508 e. The highest BCUT2D eigenvalue weighted by molar-refractivity contribution is 5.34. The van der Waals surface area contributed by atoms with E-state index in [9.17, 15) is 10.2 Å². The molecule has 11 heavy (non-hydrogen) atoms. The van der Waals surface area contributed by atoms with Gasteiger partial charge in [-0.15, -0.1) is 0 Å². The van der Waals surface area contributed by atoms with E-state index in [-0.39, 0.29) is 23.4 Å². The molecule has 58 valence electrons. The summed E-state index contributed by atoms with van der Waals surface area (Å²) in [6, 6.07) is 0. The Morgan fingerprint density at radius 1 is 1.00 bits per heavy atom. The second-order valence-electron chi connectivity index (χ2n) is 3.77. The number of rotatable bonds is 0. The van der Waals surface area contributed by atoms with Crippen LogP contribution in [0.15, 0.2) is 23.7 Å². The molecule has 3 aliphatic carbocycles. The molecule has 1 saturated carbocycles. The number of hydrogen-bond acceptors (Lipinski definition) is 2. The van der Waals surface area contributed by atoms with Gasteiger partial charge in [0, 0.05) is 11.8 Å². The van der Waals surface area contributed by atoms with Crippen LogP contribution in [-0.2, 0) is 0 Å². The molecule has 0 aromatic rings. The van der Waals surface area contributed by atoms with Crippen molar-refractivity contribution in [3.05, 3.63) is 23.7 Å². The average molecular weight is 150 g/mol. The van der Waals surface area contributed by atoms with Crippen LogP contribution in [0.25, 0.3) is 0 Å². The third-order valence-corrected chi connectivity index (χ3v) is 3.35. The van der Waals surface area contributed by atoms with Crippen molar-refractivity contribution in [3.63, 3.8) is 0 Å². The van der Waals surface area contributed by atoms with E-state index in [1.54, 1.807) is 0 Å². The van der Waals surface area contributed by atoms with Gasteiger partial charge in [-0.05, 0) is 18.3 Å². The maximum atomic E-state index is 9.30. The molecule has 0 aromatic carbocycles. The maximum Gasteiger partial charge on any atom is 0.134 e. The van der Waals surface area contributed by atoms with Gasteiger partial charge in [-0.1, -0.05) is 12.2 Å². The first-order valence-electron chi connectivity index (χ1n) is 4.09. The number of aliphatic hydroxyl groups excluding tert-OH is 2. The van der Waals surface area contributed by atoms with Crippen LogP contribution >= 0.6 is 0 Å². The minimum Gasteiger partial charge on any atom is -0.508 e. The summed E-state index contributed by atoms with van der Waals surface area (Å²) in [6.07, 6.45) is 5.48. The summed E-state index contributed by atoms with van der Waals surface area (Å²) in [4.78, 5) is 0. The first-order chi connectivity index (χ1) is 5.29. The van der Waals surface area contributed by atoms with Crippen LogP contribution in [0.3, 0.4) is 0 Å². The highest BCUT2D eigenvalue weighted by atomic mass is 16.3. The molecule has 2 heteroatoms. The summed E-state index contributed by atoms with van der Waals surface area (Å²) >= 11 is 0. The average Bonchev–Trinajstić information content (AvgIpc) is 2.58. The molecule has 0 radical (unpaired) electrons. The predicted octanol–water partition coefficient (Wildman–Crippen LogP) is 1.77. The van der Waals surface area contributed by atoms with Crippen molar-refractivity contribution in [1.82, 2.24) is 0 Å². The Morgan fingerprint density at radius 3 is 1.91 bits per heavy atom. The van der Waals surface area contributed by atoms with E-state index >= 15 is 0 Å². The lowest BCUT2D eigenvalue weighted by Crippen LogP contribution is -2.33. The minimum atomic E-state index is 0.256. The van der Waals surface area contributed by atoms with Crippen LogP contribution in [-0.4, -0.2) is 10.2 Å². The Labute approximate surface area is 64.9 Å². The van der Waals surface area contributed by atoms with Crippen LogP contribution in [0.5, 0.6) is 0 Å². The van der Waals surface area contributed by atoms with Crippen LogP contribution in [0.4, 0.5) is 0 Å². The summed E-state index contributed by atoms with van der Waals surface area (Å²) in [5, 5.41) is 18.6. The van der Waals surface area contributed by atoms with E-state index in [1.165, 1.54) is 0 Å². The molecule has 0 saturated heterocycles. The van der Waals surface area contributed by atoms with Crippen molar-refractivity contribution in [3.8, 4) is 0 Å². The van der Waals surface area contributed by atoms with Gasteiger partial charge in [-0.25, -0.2) is 0 Å². The van der Waals surface area contributed by atoms with E-state index in [1.807, 2.05) is 0 Å². The van der Waals surface area contributed by atoms with Crippen molar-refractivity contribution >= 4 is 0 Å². The molecule has 1 fully saturated rings. The summed E-state index contributed by atoms with van der Waals surface area (Å²) in [7, 11) is 0. The van der Waals surface area contributed by atoms with Crippen LogP contribution in [0.2, 0.25) is 0 Å². The third-order valence-electron chi connectivity index (χ3n) is 3.35. The number of hydrogen-bond donors (Lipinski definition) is 2. The van der Waals surface area contributed by atoms with Gasteiger partial charge < -0.3 is 10.2 Å². The predicted molar refractivity (Wildman–Crippen MR) is 40.0 cm³/mol. The molecule has 0 amide bonds. The Bertz CT molecular complexity index is 251. The molecule has 3 rings (SSSR count). The Balaban J connectivity index is 2.06. The lowest BCUT2D eigenvalue weighted by molar-refractivity contribution is 0.123. The summed E-state index contributed by atoms with van der Waals surface area (Å²) < 4.78 is 0. The maximum absolute atomic E-state index is 9.30. The van der Waals surface area contributed by atoms with Crippen molar-refractivity contribution in [2.75, 3.05) is 0 Å². The number of fused-ring (bicyclic) bond motifs is 5. The molecule has 0 aliphatic heterocycles. The van der Waals surface area contributed by atoms with Crippen molar-refractivity contribution < 1.29 is 10.2 Å². The minimum absolute atomic E-state index is 0.256. The quantitative estimate of drug-likeness (QED) is 0.516. The van der Waals surface area contributed by atoms with Gasteiger partial charge in [0.05, 0.1) is 0 Å². The molecule has 2 N–H and O–H groups in total.